The third-order valence-electron chi connectivity index (χ3n) is 8.83. The van der Waals surface area contributed by atoms with Crippen molar-refractivity contribution in [3.8, 4) is 45.8 Å². The van der Waals surface area contributed by atoms with Gasteiger partial charge in [0.1, 0.15) is 71.4 Å². The Morgan fingerprint density at radius 3 is 2.19 bits per heavy atom. The van der Waals surface area contributed by atoms with Gasteiger partial charge in [0.2, 0.25) is 17.5 Å². The highest BCUT2D eigenvalue weighted by Gasteiger charge is 2.51. The topological polar surface area (TPSA) is 296 Å². The molecule has 18 nitrogen and oxygen atoms in total. The van der Waals surface area contributed by atoms with Crippen molar-refractivity contribution in [3.63, 3.8) is 0 Å². The first-order chi connectivity index (χ1) is 25.6. The molecule has 1 aromatic heterocycles. The van der Waals surface area contributed by atoms with E-state index in [1.54, 1.807) is 0 Å². The molecule has 288 valence electrons. The smallest absolute Gasteiger partial charge is 0.330 e. The lowest BCUT2D eigenvalue weighted by Crippen LogP contribution is -2.64. The maximum absolute atomic E-state index is 13.9. The van der Waals surface area contributed by atoms with Gasteiger partial charge in [-0.15, -0.1) is 0 Å². The summed E-state index contributed by atoms with van der Waals surface area (Å²) in [7, 11) is 0. The molecule has 0 saturated carbocycles. The third-order valence-corrected chi connectivity index (χ3v) is 8.83. The van der Waals surface area contributed by atoms with Gasteiger partial charge in [0.15, 0.2) is 29.7 Å². The van der Waals surface area contributed by atoms with Crippen LogP contribution in [0.5, 0.6) is 34.5 Å². The summed E-state index contributed by atoms with van der Waals surface area (Å²) in [6.45, 7) is 0.691. The highest BCUT2D eigenvalue weighted by atomic mass is 16.8. The lowest BCUT2D eigenvalue weighted by molar-refractivity contribution is -0.355. The van der Waals surface area contributed by atoms with Crippen LogP contribution in [-0.2, 0) is 23.7 Å². The van der Waals surface area contributed by atoms with Crippen LogP contribution in [0.1, 0.15) is 12.5 Å². The Kier molecular flexibility index (Phi) is 11.0. The summed E-state index contributed by atoms with van der Waals surface area (Å²) in [6.07, 6.45) is -15.2. The number of rotatable bonds is 9. The Balaban J connectivity index is 1.28. The number of hydrogen-bond acceptors (Lipinski definition) is 18. The van der Waals surface area contributed by atoms with E-state index in [4.69, 9.17) is 28.1 Å². The van der Waals surface area contributed by atoms with Crippen molar-refractivity contribution < 1.29 is 84.0 Å². The quantitative estimate of drug-likeness (QED) is 0.0623. The summed E-state index contributed by atoms with van der Waals surface area (Å²) in [5, 5.41) is 104. The maximum Gasteiger partial charge on any atom is 0.330 e. The second-order valence-corrected chi connectivity index (χ2v) is 12.6. The third kappa shape index (κ3) is 7.77. The van der Waals surface area contributed by atoms with Gasteiger partial charge < -0.3 is 79.2 Å². The fourth-order valence-electron chi connectivity index (χ4n) is 5.87. The summed E-state index contributed by atoms with van der Waals surface area (Å²) in [6, 6.07) is 11.1. The van der Waals surface area contributed by atoms with E-state index in [1.165, 1.54) is 43.3 Å². The van der Waals surface area contributed by atoms with Crippen LogP contribution in [-0.4, -0.2) is 125 Å². The predicted molar refractivity (Wildman–Crippen MR) is 181 cm³/mol. The van der Waals surface area contributed by atoms with E-state index in [2.05, 4.69) is 0 Å². The largest absolute Gasteiger partial charge is 0.508 e. The van der Waals surface area contributed by atoms with Gasteiger partial charge in [-0.3, -0.25) is 4.79 Å². The molecule has 2 aliphatic rings. The summed E-state index contributed by atoms with van der Waals surface area (Å²) < 4.78 is 34.2. The van der Waals surface area contributed by atoms with Crippen molar-refractivity contribution in [2.45, 2.75) is 68.3 Å². The number of aliphatic hydroxyl groups excluding tert-OH is 5. The zero-order chi connectivity index (χ0) is 39.0. The summed E-state index contributed by atoms with van der Waals surface area (Å²) in [5.74, 6) is -4.31. The summed E-state index contributed by atoms with van der Waals surface area (Å²) in [4.78, 5) is 26.3. The molecule has 0 bridgehead atoms. The van der Waals surface area contributed by atoms with Crippen molar-refractivity contribution in [2.75, 3.05) is 6.61 Å². The van der Waals surface area contributed by atoms with Crippen LogP contribution in [0.3, 0.4) is 0 Å². The Morgan fingerprint density at radius 1 is 0.759 bits per heavy atom. The second-order valence-electron chi connectivity index (χ2n) is 12.6. The first-order valence-corrected chi connectivity index (χ1v) is 16.3. The molecule has 54 heavy (non-hydrogen) atoms. The number of esters is 1. The number of aromatic hydroxyl groups is 5. The molecule has 6 rings (SSSR count). The van der Waals surface area contributed by atoms with Crippen LogP contribution < -0.4 is 10.2 Å². The van der Waals surface area contributed by atoms with E-state index in [0.29, 0.717) is 5.56 Å². The molecule has 4 aromatic rings. The molecular formula is C36H36O18. The number of ether oxygens (including phenoxy) is 5. The predicted octanol–water partition coefficient (Wildman–Crippen LogP) is 0.283. The number of hydrogen-bond donors (Lipinski definition) is 10. The molecule has 3 heterocycles. The Bertz CT molecular complexity index is 2080. The number of carbonyl (C=O) groups is 1. The molecule has 2 aliphatic heterocycles. The normalized spacial score (nSPS) is 28.6. The van der Waals surface area contributed by atoms with Gasteiger partial charge in [0.05, 0.1) is 6.10 Å². The molecule has 18 heteroatoms. The van der Waals surface area contributed by atoms with Crippen LogP contribution in [0.25, 0.3) is 28.4 Å². The number of phenolic OH excluding ortho intramolecular Hbond substituents is 5. The monoisotopic (exact) mass is 756 g/mol. The number of benzene rings is 3. The molecule has 1 unspecified atom stereocenters. The van der Waals surface area contributed by atoms with Crippen LogP contribution >= 0.6 is 0 Å². The van der Waals surface area contributed by atoms with Gasteiger partial charge in [-0.25, -0.2) is 4.79 Å². The minimum Gasteiger partial charge on any atom is -0.508 e. The fourth-order valence-corrected chi connectivity index (χ4v) is 5.87. The van der Waals surface area contributed by atoms with Crippen LogP contribution in [0.2, 0.25) is 0 Å². The minimum absolute atomic E-state index is 0.0198. The first-order valence-electron chi connectivity index (χ1n) is 16.3. The van der Waals surface area contributed by atoms with Crippen molar-refractivity contribution in [1.29, 1.82) is 0 Å². The lowest BCUT2D eigenvalue weighted by atomic mass is 9.97. The Labute approximate surface area is 304 Å². The van der Waals surface area contributed by atoms with Gasteiger partial charge in [-0.1, -0.05) is 12.1 Å². The first kappa shape index (κ1) is 38.3. The van der Waals surface area contributed by atoms with Crippen LogP contribution in [0.4, 0.5) is 0 Å². The SMILES string of the molecule is C[C@@H]1OC(Oc2c(-c3ccc(O)c(O)c3)oc3cc(O)cc(O)c3c2=O)[C@H](O[C@@H]2O[C@H](COC(=O)/C=C/c3ccc(O)cc3)[C@@H](O)[C@H](O)[C@H]2O)[C@H](O)[C@H]1O. The molecule has 0 spiro atoms. The average molecular weight is 757 g/mol. The molecule has 3 aromatic carbocycles. The van der Waals surface area contributed by atoms with Gasteiger partial charge in [-0.2, -0.15) is 0 Å². The molecule has 0 aliphatic carbocycles. The van der Waals surface area contributed by atoms with E-state index < -0.39 is 119 Å². The minimum atomic E-state index is -2.00. The summed E-state index contributed by atoms with van der Waals surface area (Å²) >= 11 is 0. The van der Waals surface area contributed by atoms with Gasteiger partial charge in [0.25, 0.3) is 0 Å². The van der Waals surface area contributed by atoms with Crippen molar-refractivity contribution >= 4 is 23.0 Å². The van der Waals surface area contributed by atoms with Gasteiger partial charge >= 0.3 is 5.97 Å². The van der Waals surface area contributed by atoms with Gasteiger partial charge in [-0.05, 0) is 48.9 Å². The number of carbonyl (C=O) groups excluding carboxylic acids is 1. The van der Waals surface area contributed by atoms with E-state index in [0.717, 1.165) is 30.3 Å². The molecule has 10 atom stereocenters. The van der Waals surface area contributed by atoms with E-state index >= 15 is 0 Å². The molecule has 0 radical (unpaired) electrons. The molecule has 10 N–H and O–H groups in total. The number of phenols is 5. The molecule has 0 amide bonds. The number of aliphatic hydroxyl groups is 5. The standard InChI is InChI=1S/C36H36O18/c1-14-26(43)30(47)34(54-35-31(48)29(46)27(44)23(52-35)13-49-24(42)9-4-15-2-6-17(37)7-3-15)36(50-14)53-33-28(45)25-21(41)11-18(38)12-22(25)51-32(33)16-5-8-19(39)20(40)10-16/h2-12,14,23,26-27,29-31,34-41,43-44,46-48H,13H2,1H3/b9-4+/t14-,23+,26-,27+,29-,30+,31+,34+,35-,36?/m0/s1. The lowest BCUT2D eigenvalue weighted by Gasteiger charge is -2.45. The zero-order valence-electron chi connectivity index (χ0n) is 28.1. The van der Waals surface area contributed by atoms with Crippen LogP contribution in [0.15, 0.2) is 69.9 Å². The van der Waals surface area contributed by atoms with Crippen molar-refractivity contribution in [3.05, 3.63) is 76.5 Å². The molecular weight excluding hydrogens is 720 g/mol. The summed E-state index contributed by atoms with van der Waals surface area (Å²) in [5.41, 5.74) is -0.858. The van der Waals surface area contributed by atoms with Crippen molar-refractivity contribution in [2.24, 2.45) is 0 Å². The van der Waals surface area contributed by atoms with Crippen LogP contribution in [0, 0.1) is 0 Å². The fraction of sp³-hybridized carbons (Fsp3) is 0.333. The van der Waals surface area contributed by atoms with Gasteiger partial charge in [0, 0.05) is 23.8 Å². The molecule has 2 fully saturated rings. The zero-order valence-corrected chi connectivity index (χ0v) is 28.1. The number of fused-ring (bicyclic) bond motifs is 1. The maximum atomic E-state index is 13.9. The highest BCUT2D eigenvalue weighted by molar-refractivity contribution is 5.88. The van der Waals surface area contributed by atoms with E-state index in [1.807, 2.05) is 0 Å². The Hall–Kier alpha value is -5.44. The second kappa shape index (κ2) is 15.5. The van der Waals surface area contributed by atoms with E-state index in [-0.39, 0.29) is 16.9 Å². The highest BCUT2D eigenvalue weighted by Crippen LogP contribution is 2.40. The Morgan fingerprint density at radius 2 is 1.48 bits per heavy atom. The van der Waals surface area contributed by atoms with Crippen molar-refractivity contribution in [1.82, 2.24) is 0 Å². The molecule has 2 saturated heterocycles. The van der Waals surface area contributed by atoms with E-state index in [9.17, 15) is 60.7 Å². The average Bonchev–Trinajstić information content (AvgIpc) is 3.13.